The Labute approximate surface area is 113 Å². The first kappa shape index (κ1) is 15.9. The molecule has 0 radical (unpaired) electrons. The highest BCUT2D eigenvalue weighted by atomic mass is 16.5. The van der Waals surface area contributed by atoms with Crippen molar-refractivity contribution in [3.8, 4) is 0 Å². The van der Waals surface area contributed by atoms with Crippen LogP contribution in [0.25, 0.3) is 0 Å². The van der Waals surface area contributed by atoms with Gasteiger partial charge in [0.15, 0.2) is 0 Å². The molecule has 108 valence electrons. The van der Waals surface area contributed by atoms with Crippen LogP contribution in [-0.4, -0.2) is 49.8 Å². The number of hydrogen-bond acceptors (Lipinski definition) is 3. The maximum atomic E-state index is 5.28. The Kier molecular flexibility index (Phi) is 7.20. The highest BCUT2D eigenvalue weighted by molar-refractivity contribution is 4.95. The van der Waals surface area contributed by atoms with Gasteiger partial charge >= 0.3 is 0 Å². The molecule has 0 aromatic carbocycles. The van der Waals surface area contributed by atoms with Gasteiger partial charge in [-0.3, -0.25) is 4.90 Å². The summed E-state index contributed by atoms with van der Waals surface area (Å²) in [6, 6.07) is 0.700. The van der Waals surface area contributed by atoms with Crippen LogP contribution >= 0.6 is 0 Å². The minimum atomic E-state index is 0.357. The fourth-order valence-electron chi connectivity index (χ4n) is 3.21. The smallest absolute Gasteiger partial charge is 0.0589 e. The van der Waals surface area contributed by atoms with Gasteiger partial charge in [0, 0.05) is 31.8 Å². The zero-order valence-electron chi connectivity index (χ0n) is 12.8. The quantitative estimate of drug-likeness (QED) is 0.686. The highest BCUT2D eigenvalue weighted by Crippen LogP contribution is 2.25. The first-order valence-electron chi connectivity index (χ1n) is 7.69. The van der Waals surface area contributed by atoms with E-state index in [1.165, 1.54) is 45.2 Å². The molecule has 0 aromatic rings. The normalized spacial score (nSPS) is 24.3. The van der Waals surface area contributed by atoms with E-state index in [1.54, 1.807) is 7.11 Å². The van der Waals surface area contributed by atoms with E-state index in [0.29, 0.717) is 11.6 Å². The minimum absolute atomic E-state index is 0.357. The first-order valence-corrected chi connectivity index (χ1v) is 7.69. The van der Waals surface area contributed by atoms with Gasteiger partial charge in [-0.1, -0.05) is 20.8 Å². The number of nitrogens with zero attached hydrogens (tertiary/aromatic N) is 1. The van der Waals surface area contributed by atoms with Crippen molar-refractivity contribution in [3.63, 3.8) is 0 Å². The van der Waals surface area contributed by atoms with E-state index in [9.17, 15) is 0 Å². The van der Waals surface area contributed by atoms with Crippen LogP contribution < -0.4 is 5.32 Å². The second kappa shape index (κ2) is 8.13. The van der Waals surface area contributed by atoms with Crippen LogP contribution in [0.4, 0.5) is 0 Å². The lowest BCUT2D eigenvalue weighted by Gasteiger charge is -2.39. The molecule has 1 fully saturated rings. The van der Waals surface area contributed by atoms with Crippen LogP contribution in [-0.2, 0) is 4.74 Å². The zero-order valence-corrected chi connectivity index (χ0v) is 12.8. The van der Waals surface area contributed by atoms with Crippen molar-refractivity contribution in [2.75, 3.05) is 33.4 Å². The summed E-state index contributed by atoms with van der Waals surface area (Å²) in [5.41, 5.74) is 0.357. The maximum absolute atomic E-state index is 5.28. The summed E-state index contributed by atoms with van der Waals surface area (Å²) < 4.78 is 5.28. The van der Waals surface area contributed by atoms with Crippen molar-refractivity contribution in [1.29, 1.82) is 0 Å². The second-order valence-electron chi connectivity index (χ2n) is 5.60. The van der Waals surface area contributed by atoms with Crippen LogP contribution in [0.1, 0.15) is 52.9 Å². The third kappa shape index (κ3) is 4.22. The van der Waals surface area contributed by atoms with E-state index in [0.717, 1.165) is 13.2 Å². The van der Waals surface area contributed by atoms with Crippen molar-refractivity contribution in [2.45, 2.75) is 64.5 Å². The summed E-state index contributed by atoms with van der Waals surface area (Å²) in [6.45, 7) is 11.2. The summed E-state index contributed by atoms with van der Waals surface area (Å²) in [6.07, 6.45) is 6.36. The number of ether oxygens (including phenoxy) is 1. The Morgan fingerprint density at radius 3 is 2.44 bits per heavy atom. The molecular formula is C15H32N2O. The average Bonchev–Trinajstić information content (AvgIpc) is 2.86. The predicted octanol–water partition coefficient (Wildman–Crippen LogP) is 2.66. The molecule has 0 spiro atoms. The molecule has 0 bridgehead atoms. The average molecular weight is 256 g/mol. The van der Waals surface area contributed by atoms with E-state index in [4.69, 9.17) is 4.74 Å². The van der Waals surface area contributed by atoms with Gasteiger partial charge in [-0.05, 0) is 38.6 Å². The van der Waals surface area contributed by atoms with Crippen molar-refractivity contribution >= 4 is 0 Å². The van der Waals surface area contributed by atoms with Crippen LogP contribution in [0, 0.1) is 0 Å². The molecule has 0 saturated carbocycles. The molecule has 1 heterocycles. The van der Waals surface area contributed by atoms with Crippen molar-refractivity contribution < 1.29 is 4.74 Å². The molecule has 1 unspecified atom stereocenters. The van der Waals surface area contributed by atoms with E-state index < -0.39 is 0 Å². The van der Waals surface area contributed by atoms with Gasteiger partial charge in [-0.15, -0.1) is 0 Å². The summed E-state index contributed by atoms with van der Waals surface area (Å²) >= 11 is 0. The van der Waals surface area contributed by atoms with Gasteiger partial charge in [0.25, 0.3) is 0 Å². The number of nitrogens with one attached hydrogen (secondary N) is 1. The summed E-state index contributed by atoms with van der Waals surface area (Å²) in [7, 11) is 1.80. The Bertz CT molecular complexity index is 211. The molecule has 3 heteroatoms. The molecule has 18 heavy (non-hydrogen) atoms. The van der Waals surface area contributed by atoms with Crippen molar-refractivity contribution in [3.05, 3.63) is 0 Å². The molecule has 1 saturated heterocycles. The summed E-state index contributed by atoms with van der Waals surface area (Å²) in [5, 5.41) is 3.75. The van der Waals surface area contributed by atoms with E-state index in [2.05, 4.69) is 31.0 Å². The van der Waals surface area contributed by atoms with Crippen LogP contribution in [0.3, 0.4) is 0 Å². The lowest BCUT2D eigenvalue weighted by atomic mass is 9.92. The third-order valence-corrected chi connectivity index (χ3v) is 4.56. The Balaban J connectivity index is 2.63. The molecule has 1 aliphatic rings. The fraction of sp³-hybridized carbons (Fsp3) is 1.00. The molecule has 1 atom stereocenters. The zero-order chi connectivity index (χ0) is 13.4. The van der Waals surface area contributed by atoms with Gasteiger partial charge in [0.1, 0.15) is 0 Å². The summed E-state index contributed by atoms with van der Waals surface area (Å²) in [4.78, 5) is 2.64. The molecule has 0 aromatic heterocycles. The first-order chi connectivity index (χ1) is 8.71. The lowest BCUT2D eigenvalue weighted by Crippen LogP contribution is -2.52. The van der Waals surface area contributed by atoms with Crippen LogP contribution in [0.2, 0.25) is 0 Å². The van der Waals surface area contributed by atoms with E-state index >= 15 is 0 Å². The standard InChI is InChI=1S/C15H32N2O/c1-5-14(6-2)17(11-12-18-4)13-15(7-3)9-8-10-16-15/h14,16H,5-13H2,1-4H3. The van der Waals surface area contributed by atoms with Crippen molar-refractivity contribution in [2.24, 2.45) is 0 Å². The Hall–Kier alpha value is -0.120. The molecule has 1 aliphatic heterocycles. The molecule has 0 amide bonds. The second-order valence-corrected chi connectivity index (χ2v) is 5.60. The Morgan fingerprint density at radius 2 is 2.00 bits per heavy atom. The van der Waals surface area contributed by atoms with Crippen LogP contribution in [0.15, 0.2) is 0 Å². The lowest BCUT2D eigenvalue weighted by molar-refractivity contribution is 0.0882. The number of rotatable bonds is 9. The fourth-order valence-corrected chi connectivity index (χ4v) is 3.21. The summed E-state index contributed by atoms with van der Waals surface area (Å²) in [5.74, 6) is 0. The molecule has 1 rings (SSSR count). The SMILES string of the molecule is CCC(CC)N(CCOC)CC1(CC)CCCN1. The largest absolute Gasteiger partial charge is 0.383 e. The Morgan fingerprint density at radius 1 is 1.28 bits per heavy atom. The van der Waals surface area contributed by atoms with Gasteiger partial charge < -0.3 is 10.1 Å². The van der Waals surface area contributed by atoms with Crippen molar-refractivity contribution in [1.82, 2.24) is 10.2 Å². The highest BCUT2D eigenvalue weighted by Gasteiger charge is 2.34. The van der Waals surface area contributed by atoms with E-state index in [-0.39, 0.29) is 0 Å². The monoisotopic (exact) mass is 256 g/mol. The molecule has 1 N–H and O–H groups in total. The topological polar surface area (TPSA) is 24.5 Å². The maximum Gasteiger partial charge on any atom is 0.0589 e. The predicted molar refractivity (Wildman–Crippen MR) is 78.1 cm³/mol. The number of methoxy groups -OCH3 is 1. The molecular weight excluding hydrogens is 224 g/mol. The number of hydrogen-bond donors (Lipinski definition) is 1. The van der Waals surface area contributed by atoms with Gasteiger partial charge in [-0.25, -0.2) is 0 Å². The third-order valence-electron chi connectivity index (χ3n) is 4.56. The van der Waals surface area contributed by atoms with Crippen LogP contribution in [0.5, 0.6) is 0 Å². The molecule has 0 aliphatic carbocycles. The molecule has 3 nitrogen and oxygen atoms in total. The van der Waals surface area contributed by atoms with E-state index in [1.807, 2.05) is 0 Å². The van der Waals surface area contributed by atoms with Gasteiger partial charge in [0.05, 0.1) is 6.61 Å². The minimum Gasteiger partial charge on any atom is -0.383 e. The van der Waals surface area contributed by atoms with Gasteiger partial charge in [0.2, 0.25) is 0 Å². The van der Waals surface area contributed by atoms with Gasteiger partial charge in [-0.2, -0.15) is 0 Å².